The van der Waals surface area contributed by atoms with E-state index in [2.05, 4.69) is 48.4 Å². The normalized spacial score (nSPS) is 19.7. The van der Waals surface area contributed by atoms with Gasteiger partial charge in [0.25, 0.3) is 0 Å². The lowest BCUT2D eigenvalue weighted by Gasteiger charge is -2.29. The smallest absolute Gasteiger partial charge is 0.182 e. The van der Waals surface area contributed by atoms with E-state index in [1.807, 2.05) is 4.81 Å². The first kappa shape index (κ1) is 18.8. The van der Waals surface area contributed by atoms with Crippen LogP contribution in [0.5, 0.6) is 0 Å². The molecule has 1 aliphatic heterocycles. The van der Waals surface area contributed by atoms with Crippen LogP contribution in [0.15, 0.2) is 22.7 Å². The molecule has 2 radical (unpaired) electrons. The number of hydrogen-bond acceptors (Lipinski definition) is 4. The number of fused-ring (bicyclic) bond motifs is 1. The van der Waals surface area contributed by atoms with Crippen LogP contribution < -0.4 is 0 Å². The Hall–Kier alpha value is -1.59. The van der Waals surface area contributed by atoms with Crippen LogP contribution in [0.2, 0.25) is 0 Å². The molecule has 1 aromatic heterocycles. The van der Waals surface area contributed by atoms with Gasteiger partial charge in [0.2, 0.25) is 0 Å². The Kier molecular flexibility index (Phi) is 5.70. The summed E-state index contributed by atoms with van der Waals surface area (Å²) in [5.41, 5.74) is 4.59. The standard InChI is InChI=1S/C22H30BN3O/c1-25(2)15-20-18(7-5-16-3-4-16)8-9-19-21(24-27-22(19)20)10-6-17-11-13-26(23)14-12-17/h5,7-9,16-17H,3-4,6,10-15H2,1-2H3/b7-5+. The van der Waals surface area contributed by atoms with Crippen molar-refractivity contribution >= 4 is 25.0 Å². The molecule has 0 N–H and O–H groups in total. The summed E-state index contributed by atoms with van der Waals surface area (Å²) in [4.78, 5) is 4.14. The van der Waals surface area contributed by atoms with Gasteiger partial charge in [-0.1, -0.05) is 23.4 Å². The number of hydrogen-bond donors (Lipinski definition) is 0. The van der Waals surface area contributed by atoms with Crippen molar-refractivity contribution in [1.29, 1.82) is 0 Å². The maximum atomic E-state index is 5.88. The minimum atomic E-state index is 0.749. The van der Waals surface area contributed by atoms with Crippen molar-refractivity contribution in [2.45, 2.75) is 45.1 Å². The molecule has 5 heteroatoms. The van der Waals surface area contributed by atoms with Crippen molar-refractivity contribution in [1.82, 2.24) is 14.9 Å². The van der Waals surface area contributed by atoms with E-state index in [-0.39, 0.29) is 0 Å². The second-order valence-electron chi connectivity index (χ2n) is 8.59. The first-order valence-corrected chi connectivity index (χ1v) is 10.3. The van der Waals surface area contributed by atoms with Gasteiger partial charge in [-0.25, -0.2) is 0 Å². The molecule has 2 fully saturated rings. The summed E-state index contributed by atoms with van der Waals surface area (Å²) >= 11 is 0. The molecule has 1 aromatic carbocycles. The monoisotopic (exact) mass is 363 g/mol. The Bertz CT molecular complexity index is 801. The molecule has 0 spiro atoms. The quantitative estimate of drug-likeness (QED) is 0.695. The van der Waals surface area contributed by atoms with Gasteiger partial charge in [0.15, 0.2) is 13.6 Å². The molecule has 27 heavy (non-hydrogen) atoms. The van der Waals surface area contributed by atoms with Gasteiger partial charge in [0.1, 0.15) is 0 Å². The van der Waals surface area contributed by atoms with Crippen molar-refractivity contribution in [2.24, 2.45) is 11.8 Å². The molecule has 1 saturated carbocycles. The second-order valence-corrected chi connectivity index (χ2v) is 8.59. The fraction of sp³-hybridized carbons (Fsp3) is 0.591. The van der Waals surface area contributed by atoms with Crippen LogP contribution >= 0.6 is 0 Å². The third-order valence-corrected chi connectivity index (χ3v) is 5.94. The molecule has 2 aromatic rings. The lowest BCUT2D eigenvalue weighted by atomic mass is 9.90. The average molecular weight is 363 g/mol. The van der Waals surface area contributed by atoms with E-state index in [9.17, 15) is 0 Å². The minimum absolute atomic E-state index is 0.749. The van der Waals surface area contributed by atoms with Crippen molar-refractivity contribution < 1.29 is 4.52 Å². The van der Waals surface area contributed by atoms with Crippen molar-refractivity contribution in [3.05, 3.63) is 35.0 Å². The van der Waals surface area contributed by atoms with Gasteiger partial charge in [-0.2, -0.15) is 0 Å². The lowest BCUT2D eigenvalue weighted by molar-refractivity contribution is 0.270. The number of aryl methyl sites for hydroxylation is 1. The minimum Gasteiger partial charge on any atom is -0.356 e. The van der Waals surface area contributed by atoms with Gasteiger partial charge in [0.05, 0.1) is 5.69 Å². The summed E-state index contributed by atoms with van der Waals surface area (Å²) in [6.45, 7) is 2.88. The Morgan fingerprint density at radius 2 is 2.00 bits per heavy atom. The number of piperidine rings is 1. The van der Waals surface area contributed by atoms with Gasteiger partial charge in [-0.15, -0.1) is 0 Å². The fourth-order valence-electron chi connectivity index (χ4n) is 4.05. The molecule has 2 heterocycles. The molecular formula is C22H30BN3O. The summed E-state index contributed by atoms with van der Waals surface area (Å²) in [6, 6.07) is 4.45. The third-order valence-electron chi connectivity index (χ3n) is 5.94. The van der Waals surface area contributed by atoms with E-state index in [1.54, 1.807) is 0 Å². The largest absolute Gasteiger partial charge is 0.356 e. The molecule has 1 saturated heterocycles. The molecular weight excluding hydrogens is 333 g/mol. The molecule has 0 amide bonds. The van der Waals surface area contributed by atoms with E-state index >= 15 is 0 Å². The first-order valence-electron chi connectivity index (χ1n) is 10.3. The molecule has 0 atom stereocenters. The Labute approximate surface area is 164 Å². The van der Waals surface area contributed by atoms with Gasteiger partial charge >= 0.3 is 0 Å². The highest BCUT2D eigenvalue weighted by molar-refractivity contribution is 6.04. The van der Waals surface area contributed by atoms with E-state index in [0.29, 0.717) is 0 Å². The van der Waals surface area contributed by atoms with Crippen LogP contribution in [0.25, 0.3) is 17.0 Å². The first-order chi connectivity index (χ1) is 13.1. The highest BCUT2D eigenvalue weighted by Gasteiger charge is 2.20. The van der Waals surface area contributed by atoms with Gasteiger partial charge in [-0.05, 0) is 89.2 Å². The van der Waals surface area contributed by atoms with Crippen LogP contribution in [0, 0.1) is 11.8 Å². The summed E-state index contributed by atoms with van der Waals surface area (Å²) in [5.74, 6) is 1.52. The van der Waals surface area contributed by atoms with Crippen LogP contribution in [-0.4, -0.2) is 50.0 Å². The summed E-state index contributed by atoms with van der Waals surface area (Å²) in [5, 5.41) is 5.65. The number of aromatic nitrogens is 1. The fourth-order valence-corrected chi connectivity index (χ4v) is 4.05. The predicted octanol–water partition coefficient (Wildman–Crippen LogP) is 4.04. The average Bonchev–Trinajstić information content (AvgIpc) is 3.39. The maximum absolute atomic E-state index is 5.88. The molecule has 0 unspecified atom stereocenters. The topological polar surface area (TPSA) is 32.5 Å². The number of rotatable bonds is 7. The lowest BCUT2D eigenvalue weighted by Crippen LogP contribution is -2.31. The van der Waals surface area contributed by atoms with Gasteiger partial charge in [-0.3, -0.25) is 0 Å². The zero-order valence-electron chi connectivity index (χ0n) is 16.7. The van der Waals surface area contributed by atoms with E-state index in [0.717, 1.165) is 49.2 Å². The van der Waals surface area contributed by atoms with Crippen molar-refractivity contribution in [3.8, 4) is 0 Å². The third kappa shape index (κ3) is 4.64. The summed E-state index contributed by atoms with van der Waals surface area (Å²) in [7, 11) is 10.1. The molecule has 0 bridgehead atoms. The highest BCUT2D eigenvalue weighted by Crippen LogP contribution is 2.33. The zero-order valence-corrected chi connectivity index (χ0v) is 16.7. The molecule has 4 rings (SSSR count). The highest BCUT2D eigenvalue weighted by atomic mass is 16.5. The van der Waals surface area contributed by atoms with Crippen molar-refractivity contribution in [3.63, 3.8) is 0 Å². The molecule has 2 aliphatic rings. The van der Waals surface area contributed by atoms with Crippen molar-refractivity contribution in [2.75, 3.05) is 27.2 Å². The van der Waals surface area contributed by atoms with Crippen LogP contribution in [0.1, 0.15) is 48.9 Å². The summed E-state index contributed by atoms with van der Waals surface area (Å²) < 4.78 is 5.86. The molecule has 142 valence electrons. The number of allylic oxidation sites excluding steroid dienone is 1. The van der Waals surface area contributed by atoms with E-state index in [4.69, 9.17) is 12.5 Å². The zero-order chi connectivity index (χ0) is 18.8. The van der Waals surface area contributed by atoms with E-state index in [1.165, 1.54) is 48.6 Å². The van der Waals surface area contributed by atoms with Crippen LogP contribution in [0.4, 0.5) is 0 Å². The van der Waals surface area contributed by atoms with Crippen LogP contribution in [0.3, 0.4) is 0 Å². The van der Waals surface area contributed by atoms with Gasteiger partial charge < -0.3 is 14.2 Å². The predicted molar refractivity (Wildman–Crippen MR) is 112 cm³/mol. The Morgan fingerprint density at radius 1 is 1.22 bits per heavy atom. The SMILES string of the molecule is [B]N1CCC(CCc2noc3c(CN(C)C)c(/C=C/C4CC4)ccc23)CC1. The Morgan fingerprint density at radius 3 is 2.70 bits per heavy atom. The van der Waals surface area contributed by atoms with E-state index < -0.39 is 0 Å². The Balaban J connectivity index is 1.54. The molecule has 4 nitrogen and oxygen atoms in total. The summed E-state index contributed by atoms with van der Waals surface area (Å²) in [6.07, 6.45) is 11.8. The molecule has 1 aliphatic carbocycles. The van der Waals surface area contributed by atoms with Gasteiger partial charge in [0, 0.05) is 17.5 Å². The number of nitrogens with zero attached hydrogens (tertiary/aromatic N) is 3. The van der Waals surface area contributed by atoms with Crippen LogP contribution in [-0.2, 0) is 13.0 Å². The second kappa shape index (κ2) is 8.20. The maximum Gasteiger partial charge on any atom is 0.182 e. The number of benzene rings is 1.